The topological polar surface area (TPSA) is 89.7 Å². The number of nitrogens with zero attached hydrogens (tertiary/aromatic N) is 3. The van der Waals surface area contributed by atoms with Gasteiger partial charge in [-0.25, -0.2) is 13.8 Å². The number of fused-ring (bicyclic) bond motifs is 1. The van der Waals surface area contributed by atoms with Gasteiger partial charge in [0.2, 0.25) is 5.91 Å². The van der Waals surface area contributed by atoms with Gasteiger partial charge in [0.25, 0.3) is 17.0 Å². The molecule has 0 saturated heterocycles. The van der Waals surface area contributed by atoms with Crippen molar-refractivity contribution in [1.29, 1.82) is 0 Å². The first kappa shape index (κ1) is 24.8. The van der Waals surface area contributed by atoms with Gasteiger partial charge in [0.05, 0.1) is 19.2 Å². The number of ether oxygens (including phenoxy) is 2. The summed E-state index contributed by atoms with van der Waals surface area (Å²) in [5.41, 5.74) is 0.960. The normalized spacial score (nSPS) is 21.2. The van der Waals surface area contributed by atoms with Crippen LogP contribution in [0.3, 0.4) is 0 Å². The number of carbonyl (C=O) groups excluding carboxylic acids is 1. The number of amides is 1. The van der Waals surface area contributed by atoms with Crippen LogP contribution in [0.15, 0.2) is 10.6 Å². The van der Waals surface area contributed by atoms with Crippen molar-refractivity contribution in [1.82, 2.24) is 20.4 Å². The standard InChI is InChI=1S/C23H32F2N4O4S/c1-23(24,25)14-32-22-27-18-13-29(10-8-19(18)34-22)9-7-15-3-5-16(6-4-15)26-20(30)11-17-12-21(31-2)28-33-17/h12,15-16H,3-11,13-14H2,1-2H3,(H,26,30)/t15-,16-. The van der Waals surface area contributed by atoms with Gasteiger partial charge < -0.3 is 19.3 Å². The molecule has 1 aliphatic carbocycles. The summed E-state index contributed by atoms with van der Waals surface area (Å²) in [6.07, 6.45) is 6.32. The van der Waals surface area contributed by atoms with Gasteiger partial charge in [-0.2, -0.15) is 0 Å². The molecule has 188 valence electrons. The second-order valence-electron chi connectivity index (χ2n) is 9.32. The van der Waals surface area contributed by atoms with Gasteiger partial charge in [-0.05, 0) is 56.1 Å². The molecular formula is C23H32F2N4O4S. The Morgan fingerprint density at radius 3 is 2.85 bits per heavy atom. The molecule has 34 heavy (non-hydrogen) atoms. The maximum Gasteiger partial charge on any atom is 0.278 e. The Kier molecular flexibility index (Phi) is 8.02. The molecule has 0 bridgehead atoms. The summed E-state index contributed by atoms with van der Waals surface area (Å²) >= 11 is 1.39. The molecule has 1 fully saturated rings. The van der Waals surface area contributed by atoms with Crippen LogP contribution in [0.5, 0.6) is 11.1 Å². The number of carbonyl (C=O) groups is 1. The molecule has 1 aliphatic heterocycles. The molecule has 11 heteroatoms. The lowest BCUT2D eigenvalue weighted by Gasteiger charge is -2.31. The minimum atomic E-state index is -2.86. The van der Waals surface area contributed by atoms with Crippen LogP contribution in [0.1, 0.15) is 55.4 Å². The van der Waals surface area contributed by atoms with Crippen molar-refractivity contribution in [3.8, 4) is 11.1 Å². The number of thiazole rings is 1. The van der Waals surface area contributed by atoms with Crippen molar-refractivity contribution >= 4 is 17.2 Å². The van der Waals surface area contributed by atoms with Crippen molar-refractivity contribution in [2.75, 3.05) is 26.8 Å². The Morgan fingerprint density at radius 2 is 2.15 bits per heavy atom. The highest BCUT2D eigenvalue weighted by Crippen LogP contribution is 2.32. The maximum absolute atomic E-state index is 13.0. The number of methoxy groups -OCH3 is 1. The SMILES string of the molecule is COc1cc(CC(=O)N[C@H]2CC[C@H](CCN3CCc4sc(OCC(C)(F)F)nc4C3)CC2)on1. The van der Waals surface area contributed by atoms with Crippen LogP contribution in [0.25, 0.3) is 0 Å². The fourth-order valence-electron chi connectivity index (χ4n) is 4.54. The Bertz CT molecular complexity index is 953. The number of aromatic nitrogens is 2. The largest absolute Gasteiger partial charge is 0.479 e. The van der Waals surface area contributed by atoms with Crippen LogP contribution in [-0.4, -0.2) is 59.7 Å². The number of nitrogens with one attached hydrogen (secondary N) is 1. The third kappa shape index (κ3) is 7.11. The lowest BCUT2D eigenvalue weighted by atomic mass is 9.84. The lowest BCUT2D eigenvalue weighted by molar-refractivity contribution is -0.121. The lowest BCUT2D eigenvalue weighted by Crippen LogP contribution is -2.39. The Labute approximate surface area is 202 Å². The van der Waals surface area contributed by atoms with Gasteiger partial charge in [-0.1, -0.05) is 11.3 Å². The first-order valence-electron chi connectivity index (χ1n) is 11.8. The van der Waals surface area contributed by atoms with Gasteiger partial charge >= 0.3 is 0 Å². The van der Waals surface area contributed by atoms with Crippen LogP contribution in [0.4, 0.5) is 8.78 Å². The molecule has 2 aromatic rings. The first-order valence-corrected chi connectivity index (χ1v) is 12.6. The third-order valence-corrected chi connectivity index (χ3v) is 7.45. The summed E-state index contributed by atoms with van der Waals surface area (Å²) in [5, 5.41) is 7.17. The van der Waals surface area contributed by atoms with Crippen LogP contribution in [0.2, 0.25) is 0 Å². The number of halogens is 2. The number of hydrogen-bond acceptors (Lipinski definition) is 8. The predicted molar refractivity (Wildman–Crippen MR) is 122 cm³/mol. The second-order valence-corrected chi connectivity index (χ2v) is 10.4. The highest BCUT2D eigenvalue weighted by atomic mass is 32.1. The van der Waals surface area contributed by atoms with Crippen molar-refractivity contribution in [3.05, 3.63) is 22.4 Å². The van der Waals surface area contributed by atoms with Crippen molar-refractivity contribution in [2.24, 2.45) is 5.92 Å². The van der Waals surface area contributed by atoms with E-state index in [0.29, 0.717) is 22.8 Å². The average molecular weight is 499 g/mol. The molecule has 1 saturated carbocycles. The van der Waals surface area contributed by atoms with Gasteiger partial charge in [0, 0.05) is 37.0 Å². The summed E-state index contributed by atoms with van der Waals surface area (Å²) in [4.78, 5) is 20.3. The Morgan fingerprint density at radius 1 is 1.35 bits per heavy atom. The van der Waals surface area contributed by atoms with Crippen LogP contribution < -0.4 is 14.8 Å². The molecule has 4 rings (SSSR count). The van der Waals surface area contributed by atoms with Crippen LogP contribution in [-0.2, 0) is 24.2 Å². The summed E-state index contributed by atoms with van der Waals surface area (Å²) in [6, 6.07) is 1.83. The summed E-state index contributed by atoms with van der Waals surface area (Å²) in [5.74, 6) is -1.40. The van der Waals surface area contributed by atoms with E-state index >= 15 is 0 Å². The Balaban J connectivity index is 1.14. The zero-order valence-corrected chi connectivity index (χ0v) is 20.5. The minimum absolute atomic E-state index is 0.0550. The third-order valence-electron chi connectivity index (χ3n) is 6.38. The van der Waals surface area contributed by atoms with Gasteiger partial charge in [-0.15, -0.1) is 0 Å². The van der Waals surface area contributed by atoms with Gasteiger partial charge in [0.1, 0.15) is 5.76 Å². The molecule has 0 aromatic carbocycles. The van der Waals surface area contributed by atoms with Gasteiger partial charge in [-0.3, -0.25) is 9.69 Å². The molecule has 0 atom stereocenters. The average Bonchev–Trinajstić information content (AvgIpc) is 3.42. The molecule has 3 heterocycles. The number of rotatable bonds is 10. The van der Waals surface area contributed by atoms with Gasteiger partial charge in [0.15, 0.2) is 6.61 Å². The fourth-order valence-corrected chi connectivity index (χ4v) is 5.45. The fraction of sp³-hybridized carbons (Fsp3) is 0.696. The van der Waals surface area contributed by atoms with E-state index in [1.54, 1.807) is 6.07 Å². The second kappa shape index (κ2) is 11.0. The Hall–Kier alpha value is -2.27. The molecule has 0 radical (unpaired) electrons. The molecule has 0 spiro atoms. The molecular weight excluding hydrogens is 466 g/mol. The minimum Gasteiger partial charge on any atom is -0.479 e. The van der Waals surface area contributed by atoms with E-state index in [1.165, 1.54) is 18.4 Å². The van der Waals surface area contributed by atoms with E-state index in [1.807, 2.05) is 0 Å². The van der Waals surface area contributed by atoms with Crippen LogP contribution >= 0.6 is 11.3 Å². The van der Waals surface area contributed by atoms with Crippen LogP contribution in [0, 0.1) is 5.92 Å². The molecule has 0 unspecified atom stereocenters. The highest BCUT2D eigenvalue weighted by molar-refractivity contribution is 7.13. The summed E-state index contributed by atoms with van der Waals surface area (Å²) < 4.78 is 41.3. The molecule has 2 aliphatic rings. The van der Waals surface area contributed by atoms with E-state index in [-0.39, 0.29) is 18.4 Å². The van der Waals surface area contributed by atoms with E-state index < -0.39 is 12.5 Å². The van der Waals surface area contributed by atoms with E-state index in [0.717, 1.165) is 75.7 Å². The molecule has 1 N–H and O–H groups in total. The van der Waals surface area contributed by atoms with E-state index in [9.17, 15) is 13.6 Å². The van der Waals surface area contributed by atoms with E-state index in [2.05, 4.69) is 20.4 Å². The quantitative estimate of drug-likeness (QED) is 0.532. The van der Waals surface area contributed by atoms with Crippen molar-refractivity contribution in [2.45, 2.75) is 70.4 Å². The van der Waals surface area contributed by atoms with E-state index in [4.69, 9.17) is 14.0 Å². The predicted octanol–water partition coefficient (Wildman–Crippen LogP) is 3.84. The van der Waals surface area contributed by atoms with Crippen molar-refractivity contribution < 1.29 is 27.6 Å². The van der Waals surface area contributed by atoms with Crippen molar-refractivity contribution in [3.63, 3.8) is 0 Å². The number of alkyl halides is 2. The zero-order chi connectivity index (χ0) is 24.1. The highest BCUT2D eigenvalue weighted by Gasteiger charge is 2.27. The summed E-state index contributed by atoms with van der Waals surface area (Å²) in [6.45, 7) is 2.90. The molecule has 1 amide bonds. The monoisotopic (exact) mass is 498 g/mol. The smallest absolute Gasteiger partial charge is 0.278 e. The molecule has 8 nitrogen and oxygen atoms in total. The summed E-state index contributed by atoms with van der Waals surface area (Å²) in [7, 11) is 1.51. The maximum atomic E-state index is 13.0. The molecule has 2 aromatic heterocycles. The zero-order valence-electron chi connectivity index (χ0n) is 19.6. The first-order chi connectivity index (χ1) is 16.3. The number of hydrogen-bond donors (Lipinski definition) is 1.